The molecule has 5 heteroatoms. The molecule has 0 aromatic heterocycles. The quantitative estimate of drug-likeness (QED) is 0.767. The van der Waals surface area contributed by atoms with Gasteiger partial charge < -0.3 is 14.2 Å². The van der Waals surface area contributed by atoms with Gasteiger partial charge in [-0.2, -0.15) is 0 Å². The minimum absolute atomic E-state index is 0.243. The molecule has 0 bridgehead atoms. The SMILES string of the molecule is COC(=O)C(c1ccc(OC)cc1)N1CCOCC1. The van der Waals surface area contributed by atoms with E-state index in [1.165, 1.54) is 7.11 Å². The molecule has 0 aliphatic carbocycles. The van der Waals surface area contributed by atoms with Crippen molar-refractivity contribution in [1.82, 2.24) is 4.90 Å². The van der Waals surface area contributed by atoms with Gasteiger partial charge in [0.1, 0.15) is 11.8 Å². The summed E-state index contributed by atoms with van der Waals surface area (Å²) in [7, 11) is 3.04. The van der Waals surface area contributed by atoms with Crippen LogP contribution >= 0.6 is 0 Å². The Labute approximate surface area is 113 Å². The summed E-state index contributed by atoms with van der Waals surface area (Å²) in [6, 6.07) is 7.13. The smallest absolute Gasteiger partial charge is 0.327 e. The molecule has 1 fully saturated rings. The maximum absolute atomic E-state index is 12.0. The van der Waals surface area contributed by atoms with Gasteiger partial charge in [0.25, 0.3) is 0 Å². The van der Waals surface area contributed by atoms with Gasteiger partial charge in [0, 0.05) is 13.1 Å². The molecule has 1 aromatic rings. The summed E-state index contributed by atoms with van der Waals surface area (Å²) in [4.78, 5) is 14.1. The number of methoxy groups -OCH3 is 2. The van der Waals surface area contributed by atoms with E-state index in [0.717, 1.165) is 24.4 Å². The van der Waals surface area contributed by atoms with Crippen molar-refractivity contribution in [1.29, 1.82) is 0 Å². The average molecular weight is 265 g/mol. The van der Waals surface area contributed by atoms with Crippen molar-refractivity contribution in [2.24, 2.45) is 0 Å². The molecule has 0 amide bonds. The lowest BCUT2D eigenvalue weighted by Gasteiger charge is -2.32. The topological polar surface area (TPSA) is 48.0 Å². The first-order chi connectivity index (χ1) is 9.26. The van der Waals surface area contributed by atoms with E-state index in [1.54, 1.807) is 7.11 Å². The van der Waals surface area contributed by atoms with E-state index in [1.807, 2.05) is 24.3 Å². The van der Waals surface area contributed by atoms with Crippen molar-refractivity contribution in [3.05, 3.63) is 29.8 Å². The number of hydrogen-bond acceptors (Lipinski definition) is 5. The molecule has 1 unspecified atom stereocenters. The van der Waals surface area contributed by atoms with Gasteiger partial charge >= 0.3 is 5.97 Å². The maximum atomic E-state index is 12.0. The summed E-state index contributed by atoms with van der Waals surface area (Å²) < 4.78 is 15.4. The second kappa shape index (κ2) is 6.54. The fourth-order valence-electron chi connectivity index (χ4n) is 2.23. The van der Waals surface area contributed by atoms with Crippen LogP contribution in [0.5, 0.6) is 5.75 Å². The number of carbonyl (C=O) groups excluding carboxylic acids is 1. The van der Waals surface area contributed by atoms with Gasteiger partial charge in [0.05, 0.1) is 27.4 Å². The summed E-state index contributed by atoms with van der Waals surface area (Å²) in [5.74, 6) is 0.529. The highest BCUT2D eigenvalue weighted by Crippen LogP contribution is 2.25. The number of ether oxygens (including phenoxy) is 3. The first kappa shape index (κ1) is 13.8. The van der Waals surface area contributed by atoms with Crippen LogP contribution in [0.25, 0.3) is 0 Å². The fourth-order valence-corrected chi connectivity index (χ4v) is 2.23. The van der Waals surface area contributed by atoms with Crippen LogP contribution in [-0.2, 0) is 14.3 Å². The van der Waals surface area contributed by atoms with E-state index < -0.39 is 0 Å². The Morgan fingerprint density at radius 1 is 1.21 bits per heavy atom. The molecule has 19 heavy (non-hydrogen) atoms. The standard InChI is InChI=1S/C14H19NO4/c1-17-12-5-3-11(4-6-12)13(14(16)18-2)15-7-9-19-10-8-15/h3-6,13H,7-10H2,1-2H3. The average Bonchev–Trinajstić information content (AvgIpc) is 2.49. The van der Waals surface area contributed by atoms with Crippen LogP contribution in [0, 0.1) is 0 Å². The van der Waals surface area contributed by atoms with Gasteiger partial charge in [-0.1, -0.05) is 12.1 Å². The number of carbonyl (C=O) groups is 1. The second-order valence-electron chi connectivity index (χ2n) is 4.35. The molecule has 1 saturated heterocycles. The highest BCUT2D eigenvalue weighted by molar-refractivity contribution is 5.77. The molecule has 5 nitrogen and oxygen atoms in total. The van der Waals surface area contributed by atoms with Crippen LogP contribution in [0.4, 0.5) is 0 Å². The molecular weight excluding hydrogens is 246 g/mol. The molecule has 104 valence electrons. The Morgan fingerprint density at radius 2 is 1.84 bits per heavy atom. The third-order valence-electron chi connectivity index (χ3n) is 3.27. The Bertz CT molecular complexity index is 412. The van der Waals surface area contributed by atoms with Gasteiger partial charge in [-0.05, 0) is 17.7 Å². The predicted molar refractivity (Wildman–Crippen MR) is 70.1 cm³/mol. The van der Waals surface area contributed by atoms with Crippen molar-refractivity contribution in [3.8, 4) is 5.75 Å². The van der Waals surface area contributed by atoms with Crippen LogP contribution in [0.3, 0.4) is 0 Å². The lowest BCUT2D eigenvalue weighted by molar-refractivity contribution is -0.149. The van der Waals surface area contributed by atoms with Crippen LogP contribution in [-0.4, -0.2) is 51.4 Å². The highest BCUT2D eigenvalue weighted by atomic mass is 16.5. The molecule has 0 N–H and O–H groups in total. The van der Waals surface area contributed by atoms with Gasteiger partial charge in [-0.3, -0.25) is 4.90 Å². The summed E-state index contributed by atoms with van der Waals surface area (Å²) >= 11 is 0. The van der Waals surface area contributed by atoms with Crippen LogP contribution < -0.4 is 4.74 Å². The second-order valence-corrected chi connectivity index (χ2v) is 4.35. The van der Waals surface area contributed by atoms with E-state index in [9.17, 15) is 4.79 Å². The normalized spacial score (nSPS) is 17.8. The summed E-state index contributed by atoms with van der Waals surface area (Å²) in [5, 5.41) is 0. The monoisotopic (exact) mass is 265 g/mol. The first-order valence-corrected chi connectivity index (χ1v) is 6.30. The number of rotatable bonds is 4. The zero-order chi connectivity index (χ0) is 13.7. The molecule has 1 atom stereocenters. The maximum Gasteiger partial charge on any atom is 0.327 e. The van der Waals surface area contributed by atoms with Gasteiger partial charge in [0.2, 0.25) is 0 Å². The molecule has 0 saturated carbocycles. The Balaban J connectivity index is 2.22. The molecule has 0 spiro atoms. The number of hydrogen-bond donors (Lipinski definition) is 0. The van der Waals surface area contributed by atoms with Crippen LogP contribution in [0.15, 0.2) is 24.3 Å². The predicted octanol–water partition coefficient (Wildman–Crippen LogP) is 1.24. The molecule has 1 aliphatic heterocycles. The van der Waals surface area contributed by atoms with Crippen LogP contribution in [0.2, 0.25) is 0 Å². The minimum Gasteiger partial charge on any atom is -0.497 e. The van der Waals surface area contributed by atoms with Gasteiger partial charge in [0.15, 0.2) is 0 Å². The third kappa shape index (κ3) is 3.24. The first-order valence-electron chi connectivity index (χ1n) is 6.30. The van der Waals surface area contributed by atoms with Crippen LogP contribution in [0.1, 0.15) is 11.6 Å². The van der Waals surface area contributed by atoms with E-state index >= 15 is 0 Å². The highest BCUT2D eigenvalue weighted by Gasteiger charge is 2.29. The van der Waals surface area contributed by atoms with Gasteiger partial charge in [-0.15, -0.1) is 0 Å². The van der Waals surface area contributed by atoms with E-state index in [0.29, 0.717) is 13.2 Å². The Kier molecular flexibility index (Phi) is 4.76. The fraction of sp³-hybridized carbons (Fsp3) is 0.500. The van der Waals surface area contributed by atoms with E-state index in [2.05, 4.69) is 4.90 Å². The zero-order valence-corrected chi connectivity index (χ0v) is 11.3. The molecule has 1 aromatic carbocycles. The van der Waals surface area contributed by atoms with Crippen molar-refractivity contribution >= 4 is 5.97 Å². The Morgan fingerprint density at radius 3 is 2.37 bits per heavy atom. The number of nitrogens with zero attached hydrogens (tertiary/aromatic N) is 1. The lowest BCUT2D eigenvalue weighted by Crippen LogP contribution is -2.42. The van der Waals surface area contributed by atoms with E-state index in [4.69, 9.17) is 14.2 Å². The third-order valence-corrected chi connectivity index (χ3v) is 3.27. The summed E-state index contributed by atoms with van der Waals surface area (Å²) in [5.41, 5.74) is 0.912. The van der Waals surface area contributed by atoms with Gasteiger partial charge in [-0.25, -0.2) is 4.79 Å². The number of morpholine rings is 1. The summed E-state index contributed by atoms with van der Waals surface area (Å²) in [6.45, 7) is 2.74. The number of benzene rings is 1. The molecule has 0 radical (unpaired) electrons. The zero-order valence-electron chi connectivity index (χ0n) is 11.3. The molecule has 1 heterocycles. The van der Waals surface area contributed by atoms with E-state index in [-0.39, 0.29) is 12.0 Å². The molecule has 1 aliphatic rings. The molecular formula is C14H19NO4. The minimum atomic E-state index is -0.375. The van der Waals surface area contributed by atoms with Crippen molar-refractivity contribution in [3.63, 3.8) is 0 Å². The Hall–Kier alpha value is -1.59. The molecule has 2 rings (SSSR count). The largest absolute Gasteiger partial charge is 0.497 e. The number of esters is 1. The summed E-state index contributed by atoms with van der Waals surface area (Å²) in [6.07, 6.45) is 0. The van der Waals surface area contributed by atoms with Crippen molar-refractivity contribution in [2.75, 3.05) is 40.5 Å². The van der Waals surface area contributed by atoms with Crippen molar-refractivity contribution < 1.29 is 19.0 Å². The lowest BCUT2D eigenvalue weighted by atomic mass is 10.0. The van der Waals surface area contributed by atoms with Crippen molar-refractivity contribution in [2.45, 2.75) is 6.04 Å².